The number of hydrogen-bond donors (Lipinski definition) is 1. The molecule has 1 aliphatic rings. The molecular formula is C16H11ClFNO3. The SMILES string of the molecule is O=C(/C=C/Nc1cccc(Cl)c1F)c1ccc2c(c1)OCO2. The smallest absolute Gasteiger partial charge is 0.231 e. The molecule has 0 saturated heterocycles. The third-order valence-electron chi connectivity index (χ3n) is 3.08. The zero-order valence-electron chi connectivity index (χ0n) is 11.3. The number of halogens is 2. The molecule has 0 bridgehead atoms. The van der Waals surface area contributed by atoms with E-state index < -0.39 is 5.82 Å². The van der Waals surface area contributed by atoms with Crippen LogP contribution in [0.15, 0.2) is 48.7 Å². The predicted molar refractivity (Wildman–Crippen MR) is 81.1 cm³/mol. The minimum absolute atomic E-state index is 0.0143. The summed E-state index contributed by atoms with van der Waals surface area (Å²) >= 11 is 5.67. The van der Waals surface area contributed by atoms with Gasteiger partial charge in [-0.1, -0.05) is 17.7 Å². The van der Waals surface area contributed by atoms with Crippen LogP contribution in [0.5, 0.6) is 11.5 Å². The van der Waals surface area contributed by atoms with Crippen molar-refractivity contribution in [2.75, 3.05) is 12.1 Å². The van der Waals surface area contributed by atoms with Crippen molar-refractivity contribution in [2.24, 2.45) is 0 Å². The third-order valence-corrected chi connectivity index (χ3v) is 3.37. The molecule has 0 fully saturated rings. The Labute approximate surface area is 131 Å². The van der Waals surface area contributed by atoms with Crippen LogP contribution in [0, 0.1) is 5.82 Å². The Kier molecular flexibility index (Phi) is 3.98. The second-order valence-electron chi connectivity index (χ2n) is 4.51. The standard InChI is InChI=1S/C16H11ClFNO3/c17-11-2-1-3-12(16(11)18)19-7-6-13(20)10-4-5-14-15(8-10)22-9-21-14/h1-8,19H,9H2/b7-6+. The number of nitrogens with one attached hydrogen (secondary N) is 1. The van der Waals surface area contributed by atoms with Crippen LogP contribution in [-0.4, -0.2) is 12.6 Å². The normalized spacial score (nSPS) is 12.6. The van der Waals surface area contributed by atoms with Gasteiger partial charge in [-0.05, 0) is 30.3 Å². The lowest BCUT2D eigenvalue weighted by molar-refractivity contribution is 0.104. The highest BCUT2D eigenvalue weighted by atomic mass is 35.5. The molecule has 2 aromatic rings. The van der Waals surface area contributed by atoms with E-state index in [0.717, 1.165) is 0 Å². The monoisotopic (exact) mass is 319 g/mol. The highest BCUT2D eigenvalue weighted by Gasteiger charge is 2.15. The van der Waals surface area contributed by atoms with Crippen LogP contribution in [-0.2, 0) is 0 Å². The fraction of sp³-hybridized carbons (Fsp3) is 0.0625. The number of benzene rings is 2. The summed E-state index contributed by atoms with van der Waals surface area (Å²) in [6.07, 6.45) is 2.67. The first-order valence-electron chi connectivity index (χ1n) is 6.46. The second kappa shape index (κ2) is 6.07. The Hall–Kier alpha value is -2.53. The van der Waals surface area contributed by atoms with Crippen molar-refractivity contribution in [2.45, 2.75) is 0 Å². The average molecular weight is 320 g/mol. The van der Waals surface area contributed by atoms with Gasteiger partial charge < -0.3 is 14.8 Å². The van der Waals surface area contributed by atoms with Crippen molar-refractivity contribution in [1.82, 2.24) is 0 Å². The Balaban J connectivity index is 1.70. The van der Waals surface area contributed by atoms with E-state index in [2.05, 4.69) is 5.32 Å². The van der Waals surface area contributed by atoms with E-state index in [1.807, 2.05) is 0 Å². The van der Waals surface area contributed by atoms with Crippen LogP contribution < -0.4 is 14.8 Å². The van der Waals surface area contributed by atoms with Gasteiger partial charge in [0.05, 0.1) is 10.7 Å². The van der Waals surface area contributed by atoms with Crippen LogP contribution >= 0.6 is 11.6 Å². The van der Waals surface area contributed by atoms with Gasteiger partial charge in [-0.2, -0.15) is 0 Å². The fourth-order valence-corrected chi connectivity index (χ4v) is 2.14. The molecule has 0 amide bonds. The van der Waals surface area contributed by atoms with Gasteiger partial charge in [0, 0.05) is 17.8 Å². The summed E-state index contributed by atoms with van der Waals surface area (Å²) in [5, 5.41) is 2.70. The molecule has 0 radical (unpaired) electrons. The minimum atomic E-state index is -0.565. The first-order chi connectivity index (χ1) is 10.6. The highest BCUT2D eigenvalue weighted by molar-refractivity contribution is 6.31. The summed E-state index contributed by atoms with van der Waals surface area (Å²) in [5.41, 5.74) is 0.649. The lowest BCUT2D eigenvalue weighted by Crippen LogP contribution is -1.97. The number of allylic oxidation sites excluding steroid dienone is 1. The molecule has 0 saturated carbocycles. The fourth-order valence-electron chi connectivity index (χ4n) is 1.97. The molecule has 1 aliphatic heterocycles. The van der Waals surface area contributed by atoms with Crippen LogP contribution in [0.25, 0.3) is 0 Å². The quantitative estimate of drug-likeness (QED) is 0.683. The Bertz CT molecular complexity index is 761. The van der Waals surface area contributed by atoms with E-state index in [0.29, 0.717) is 17.1 Å². The number of rotatable bonds is 4. The molecule has 1 heterocycles. The third kappa shape index (κ3) is 2.89. The first-order valence-corrected chi connectivity index (χ1v) is 6.84. The molecule has 22 heavy (non-hydrogen) atoms. The molecule has 2 aromatic carbocycles. The summed E-state index contributed by atoms with van der Waals surface area (Å²) < 4.78 is 24.0. The van der Waals surface area contributed by atoms with E-state index in [-0.39, 0.29) is 23.3 Å². The minimum Gasteiger partial charge on any atom is -0.454 e. The van der Waals surface area contributed by atoms with E-state index in [1.165, 1.54) is 24.4 Å². The lowest BCUT2D eigenvalue weighted by Gasteiger charge is -2.03. The van der Waals surface area contributed by atoms with E-state index in [1.54, 1.807) is 24.3 Å². The highest BCUT2D eigenvalue weighted by Crippen LogP contribution is 2.32. The van der Waals surface area contributed by atoms with Gasteiger partial charge in [-0.15, -0.1) is 0 Å². The maximum atomic E-state index is 13.7. The van der Waals surface area contributed by atoms with Crippen molar-refractivity contribution in [3.63, 3.8) is 0 Å². The largest absolute Gasteiger partial charge is 0.454 e. The number of hydrogen-bond acceptors (Lipinski definition) is 4. The van der Waals surface area contributed by atoms with Crippen molar-refractivity contribution < 1.29 is 18.7 Å². The predicted octanol–water partition coefficient (Wildman–Crippen LogP) is 4.02. The van der Waals surface area contributed by atoms with Gasteiger partial charge in [-0.3, -0.25) is 4.79 Å². The van der Waals surface area contributed by atoms with E-state index in [4.69, 9.17) is 21.1 Å². The maximum absolute atomic E-state index is 13.7. The number of carbonyl (C=O) groups excluding carboxylic acids is 1. The zero-order chi connectivity index (χ0) is 15.5. The van der Waals surface area contributed by atoms with Crippen LogP contribution in [0.2, 0.25) is 5.02 Å². The average Bonchev–Trinajstić information content (AvgIpc) is 2.98. The second-order valence-corrected chi connectivity index (χ2v) is 4.92. The molecule has 0 spiro atoms. The number of fused-ring (bicyclic) bond motifs is 1. The molecule has 4 nitrogen and oxygen atoms in total. The Morgan fingerprint density at radius 3 is 2.91 bits per heavy atom. The van der Waals surface area contributed by atoms with Crippen molar-refractivity contribution in [1.29, 1.82) is 0 Å². The van der Waals surface area contributed by atoms with Crippen LogP contribution in [0.4, 0.5) is 10.1 Å². The summed E-state index contributed by atoms with van der Waals surface area (Å²) in [4.78, 5) is 12.0. The molecule has 0 aliphatic carbocycles. The lowest BCUT2D eigenvalue weighted by atomic mass is 10.1. The number of ketones is 1. The molecule has 1 N–H and O–H groups in total. The summed E-state index contributed by atoms with van der Waals surface area (Å²) in [5.74, 6) is 0.338. The summed E-state index contributed by atoms with van der Waals surface area (Å²) in [6.45, 7) is 0.151. The van der Waals surface area contributed by atoms with Crippen molar-refractivity contribution >= 4 is 23.1 Å². The molecular weight excluding hydrogens is 309 g/mol. The molecule has 0 aromatic heterocycles. The van der Waals surface area contributed by atoms with Crippen molar-refractivity contribution in [3.8, 4) is 11.5 Å². The first kappa shape index (κ1) is 14.4. The summed E-state index contributed by atoms with van der Waals surface area (Å²) in [7, 11) is 0. The number of carbonyl (C=O) groups is 1. The van der Waals surface area contributed by atoms with Gasteiger partial charge in [0.15, 0.2) is 23.1 Å². The molecule has 0 unspecified atom stereocenters. The summed E-state index contributed by atoms with van der Waals surface area (Å²) in [6, 6.07) is 9.50. The molecule has 3 rings (SSSR count). The molecule has 6 heteroatoms. The van der Waals surface area contributed by atoms with E-state index in [9.17, 15) is 9.18 Å². The number of anilines is 1. The van der Waals surface area contributed by atoms with Crippen LogP contribution in [0.1, 0.15) is 10.4 Å². The van der Waals surface area contributed by atoms with Gasteiger partial charge in [-0.25, -0.2) is 4.39 Å². The van der Waals surface area contributed by atoms with Crippen LogP contribution in [0.3, 0.4) is 0 Å². The van der Waals surface area contributed by atoms with Gasteiger partial charge in [0.2, 0.25) is 6.79 Å². The van der Waals surface area contributed by atoms with Crippen molar-refractivity contribution in [3.05, 3.63) is 65.1 Å². The topological polar surface area (TPSA) is 47.6 Å². The van der Waals surface area contributed by atoms with Gasteiger partial charge >= 0.3 is 0 Å². The Morgan fingerprint density at radius 1 is 1.23 bits per heavy atom. The molecule has 112 valence electrons. The van der Waals surface area contributed by atoms with Gasteiger partial charge in [0.25, 0.3) is 0 Å². The Morgan fingerprint density at radius 2 is 2.05 bits per heavy atom. The van der Waals surface area contributed by atoms with E-state index >= 15 is 0 Å². The van der Waals surface area contributed by atoms with Gasteiger partial charge in [0.1, 0.15) is 0 Å². The zero-order valence-corrected chi connectivity index (χ0v) is 12.1. The molecule has 0 atom stereocenters. The maximum Gasteiger partial charge on any atom is 0.231 e. The number of ether oxygens (including phenoxy) is 2.